The van der Waals surface area contributed by atoms with E-state index in [1.165, 1.54) is 10.4 Å². The average molecular weight is 276 g/mol. The zero-order valence-electron chi connectivity index (χ0n) is 10.6. The van der Waals surface area contributed by atoms with Gasteiger partial charge in [-0.15, -0.1) is 6.58 Å². The molecule has 1 heterocycles. The van der Waals surface area contributed by atoms with Crippen LogP contribution in [0.15, 0.2) is 12.7 Å². The number of amides is 1. The van der Waals surface area contributed by atoms with Crippen molar-refractivity contribution in [1.82, 2.24) is 9.62 Å². The van der Waals surface area contributed by atoms with Gasteiger partial charge in [-0.3, -0.25) is 4.79 Å². The van der Waals surface area contributed by atoms with Crippen molar-refractivity contribution in [2.75, 3.05) is 32.5 Å². The zero-order chi connectivity index (χ0) is 13.6. The smallest absolute Gasteiger partial charge is 0.249 e. The quantitative estimate of drug-likeness (QED) is 0.649. The lowest BCUT2D eigenvalue weighted by molar-refractivity contribution is -0.130. The van der Waals surface area contributed by atoms with E-state index in [1.807, 2.05) is 0 Å². The molecule has 6 nitrogen and oxygen atoms in total. The van der Waals surface area contributed by atoms with Crippen molar-refractivity contribution in [3.8, 4) is 0 Å². The number of ether oxygens (including phenoxy) is 1. The Morgan fingerprint density at radius 2 is 2.33 bits per heavy atom. The van der Waals surface area contributed by atoms with E-state index >= 15 is 0 Å². The summed E-state index contributed by atoms with van der Waals surface area (Å²) in [5, 5.41) is 2.68. The minimum atomic E-state index is -3.26. The van der Waals surface area contributed by atoms with Crippen LogP contribution in [0.25, 0.3) is 0 Å². The summed E-state index contributed by atoms with van der Waals surface area (Å²) in [6.45, 7) is 4.88. The molecule has 0 aromatic heterocycles. The summed E-state index contributed by atoms with van der Waals surface area (Å²) in [5.41, 5.74) is 0. The van der Waals surface area contributed by atoms with Crippen LogP contribution >= 0.6 is 0 Å². The van der Waals surface area contributed by atoms with Gasteiger partial charge in [-0.1, -0.05) is 6.08 Å². The lowest BCUT2D eigenvalue weighted by atomic mass is 10.2. The van der Waals surface area contributed by atoms with Crippen molar-refractivity contribution >= 4 is 15.9 Å². The third-order valence-electron chi connectivity index (χ3n) is 2.68. The minimum absolute atomic E-state index is 0.167. The summed E-state index contributed by atoms with van der Waals surface area (Å²) in [5.74, 6) is -0.167. The Kier molecular flexibility index (Phi) is 5.77. The van der Waals surface area contributed by atoms with E-state index < -0.39 is 10.0 Å². The molecule has 1 saturated heterocycles. The molecule has 1 unspecified atom stereocenters. The lowest BCUT2D eigenvalue weighted by Crippen LogP contribution is -2.41. The van der Waals surface area contributed by atoms with Gasteiger partial charge in [0.1, 0.15) is 6.10 Å². The van der Waals surface area contributed by atoms with Crippen LogP contribution in [0.2, 0.25) is 0 Å². The van der Waals surface area contributed by atoms with Crippen molar-refractivity contribution in [2.24, 2.45) is 0 Å². The maximum atomic E-state index is 11.6. The number of carbonyl (C=O) groups excluding carboxylic acids is 1. The first kappa shape index (κ1) is 15.1. The highest BCUT2D eigenvalue weighted by atomic mass is 32.2. The summed E-state index contributed by atoms with van der Waals surface area (Å²) in [6, 6.07) is 0. The van der Waals surface area contributed by atoms with Crippen LogP contribution < -0.4 is 5.32 Å². The molecule has 0 saturated carbocycles. The highest BCUT2D eigenvalue weighted by molar-refractivity contribution is 7.88. The van der Waals surface area contributed by atoms with E-state index in [2.05, 4.69) is 11.9 Å². The van der Waals surface area contributed by atoms with Crippen molar-refractivity contribution in [3.63, 3.8) is 0 Å². The van der Waals surface area contributed by atoms with Crippen LogP contribution in [0.5, 0.6) is 0 Å². The Bertz CT molecular complexity index is 388. The number of nitrogens with zero attached hydrogens (tertiary/aromatic N) is 1. The molecule has 1 N–H and O–H groups in total. The first-order chi connectivity index (χ1) is 8.45. The van der Waals surface area contributed by atoms with E-state index in [4.69, 9.17) is 4.74 Å². The maximum absolute atomic E-state index is 11.6. The van der Waals surface area contributed by atoms with Gasteiger partial charge < -0.3 is 10.1 Å². The molecule has 104 valence electrons. The van der Waals surface area contributed by atoms with Gasteiger partial charge >= 0.3 is 0 Å². The number of rotatable bonds is 7. The van der Waals surface area contributed by atoms with Crippen LogP contribution in [-0.2, 0) is 19.6 Å². The lowest BCUT2D eigenvalue weighted by Gasteiger charge is -2.18. The Morgan fingerprint density at radius 3 is 2.83 bits per heavy atom. The van der Waals surface area contributed by atoms with Gasteiger partial charge in [-0.25, -0.2) is 8.42 Å². The van der Waals surface area contributed by atoms with Crippen molar-refractivity contribution < 1.29 is 17.9 Å². The number of sulfonamides is 1. The molecular formula is C11H20N2O4S. The monoisotopic (exact) mass is 276 g/mol. The number of hydrogen-bond donors (Lipinski definition) is 1. The van der Waals surface area contributed by atoms with Gasteiger partial charge in [-0.2, -0.15) is 4.31 Å². The van der Waals surface area contributed by atoms with Crippen molar-refractivity contribution in [2.45, 2.75) is 18.9 Å². The average Bonchev–Trinajstić information content (AvgIpc) is 2.79. The molecular weight excluding hydrogens is 256 g/mol. The fourth-order valence-corrected chi connectivity index (χ4v) is 2.54. The molecule has 0 aliphatic carbocycles. The molecule has 18 heavy (non-hydrogen) atoms. The number of carbonyl (C=O) groups is 1. The summed E-state index contributed by atoms with van der Waals surface area (Å²) < 4.78 is 29.3. The molecule has 0 aromatic rings. The second-order valence-electron chi connectivity index (χ2n) is 4.20. The van der Waals surface area contributed by atoms with Gasteiger partial charge in [0.25, 0.3) is 0 Å². The van der Waals surface area contributed by atoms with E-state index in [0.717, 1.165) is 19.1 Å². The molecule has 0 radical (unpaired) electrons. The summed E-state index contributed by atoms with van der Waals surface area (Å²) >= 11 is 0. The Hall–Kier alpha value is -0.920. The van der Waals surface area contributed by atoms with Gasteiger partial charge in [0.15, 0.2) is 0 Å². The Labute approximate surface area is 108 Å². The van der Waals surface area contributed by atoms with Crippen LogP contribution in [-0.4, -0.2) is 57.2 Å². The van der Waals surface area contributed by atoms with Crippen LogP contribution in [0.1, 0.15) is 12.8 Å². The summed E-state index contributed by atoms with van der Waals surface area (Å²) in [4.78, 5) is 11.6. The Balaban J connectivity index is 2.34. The molecule has 1 amide bonds. The van der Waals surface area contributed by atoms with E-state index in [0.29, 0.717) is 6.61 Å². The topological polar surface area (TPSA) is 75.7 Å². The van der Waals surface area contributed by atoms with Gasteiger partial charge in [0.05, 0.1) is 6.26 Å². The summed E-state index contributed by atoms with van der Waals surface area (Å²) in [7, 11) is -3.26. The molecule has 1 fully saturated rings. The number of hydrogen-bond acceptors (Lipinski definition) is 4. The molecule has 0 spiro atoms. The molecule has 1 atom stereocenters. The molecule has 1 rings (SSSR count). The first-order valence-electron chi connectivity index (χ1n) is 5.90. The standard InChI is InChI=1S/C11H20N2O4S/c1-3-7-13(18(2,15)16)8-6-12-11(14)10-5-4-9-17-10/h3,10H,1,4-9H2,2H3,(H,12,14). The minimum Gasteiger partial charge on any atom is -0.368 e. The third-order valence-corrected chi connectivity index (χ3v) is 3.95. The predicted molar refractivity (Wildman–Crippen MR) is 68.6 cm³/mol. The molecule has 0 bridgehead atoms. The number of nitrogens with one attached hydrogen (secondary N) is 1. The van der Waals surface area contributed by atoms with Crippen molar-refractivity contribution in [3.05, 3.63) is 12.7 Å². The molecule has 1 aliphatic heterocycles. The second kappa shape index (κ2) is 6.86. The predicted octanol–water partition coefficient (Wildman–Crippen LogP) is -0.271. The van der Waals surface area contributed by atoms with Crippen molar-refractivity contribution in [1.29, 1.82) is 0 Å². The normalized spacial score (nSPS) is 20.0. The first-order valence-corrected chi connectivity index (χ1v) is 7.75. The van der Waals surface area contributed by atoms with Gasteiger partial charge in [0, 0.05) is 26.2 Å². The highest BCUT2D eigenvalue weighted by Crippen LogP contribution is 2.11. The van der Waals surface area contributed by atoms with Crippen LogP contribution in [0.4, 0.5) is 0 Å². The maximum Gasteiger partial charge on any atom is 0.249 e. The van der Waals surface area contributed by atoms with E-state index in [-0.39, 0.29) is 31.6 Å². The highest BCUT2D eigenvalue weighted by Gasteiger charge is 2.23. The molecule has 7 heteroatoms. The fourth-order valence-electron chi connectivity index (χ4n) is 1.74. The van der Waals surface area contributed by atoms with E-state index in [9.17, 15) is 13.2 Å². The van der Waals surface area contributed by atoms with E-state index in [1.54, 1.807) is 0 Å². The molecule has 0 aromatic carbocycles. The van der Waals surface area contributed by atoms with Gasteiger partial charge in [0.2, 0.25) is 15.9 Å². The third kappa shape index (κ3) is 4.75. The second-order valence-corrected chi connectivity index (χ2v) is 6.18. The largest absolute Gasteiger partial charge is 0.368 e. The molecule has 1 aliphatic rings. The SMILES string of the molecule is C=CCN(CCNC(=O)C1CCCO1)S(C)(=O)=O. The van der Waals surface area contributed by atoms with Crippen LogP contribution in [0.3, 0.4) is 0 Å². The Morgan fingerprint density at radius 1 is 1.61 bits per heavy atom. The van der Waals surface area contributed by atoms with Crippen LogP contribution in [0, 0.1) is 0 Å². The van der Waals surface area contributed by atoms with Gasteiger partial charge in [-0.05, 0) is 12.8 Å². The summed E-state index contributed by atoms with van der Waals surface area (Å²) in [6.07, 6.45) is 3.90. The zero-order valence-corrected chi connectivity index (χ0v) is 11.4. The fraction of sp³-hybridized carbons (Fsp3) is 0.727.